The standard InChI is InChI=1S/C24H24ClF3N4O3/c1-32(20(33)22-10-23(11-22,12-22)31-21(34)35)19(24(26,27)28)18-5-4-16(9-29-18)30-17-7-13-2-3-15(25)6-14(13)8-17/h2-6,9,17,19,30-31H,7-8,10-12H2,1H3,(H,34,35)/t17-,19-,22?,23?/m0/s1. The Morgan fingerprint density at radius 2 is 1.86 bits per heavy atom. The number of halogens is 4. The van der Waals surface area contributed by atoms with E-state index in [1.165, 1.54) is 17.8 Å². The van der Waals surface area contributed by atoms with Crippen molar-refractivity contribution < 1.29 is 27.9 Å². The summed E-state index contributed by atoms with van der Waals surface area (Å²) >= 11 is 6.06. The first-order valence-corrected chi connectivity index (χ1v) is 11.6. The molecule has 11 heteroatoms. The molecule has 4 aliphatic carbocycles. The van der Waals surface area contributed by atoms with Crippen LogP contribution in [-0.4, -0.2) is 51.8 Å². The highest BCUT2D eigenvalue weighted by Gasteiger charge is 2.73. The predicted molar refractivity (Wildman–Crippen MR) is 122 cm³/mol. The second-order valence-corrected chi connectivity index (χ2v) is 10.5. The van der Waals surface area contributed by atoms with Crippen LogP contribution in [0.5, 0.6) is 0 Å². The van der Waals surface area contributed by atoms with Crippen molar-refractivity contribution in [1.82, 2.24) is 15.2 Å². The minimum absolute atomic E-state index is 0.0785. The van der Waals surface area contributed by atoms with E-state index in [9.17, 15) is 22.8 Å². The first-order chi connectivity index (χ1) is 16.4. The number of rotatable bonds is 6. The summed E-state index contributed by atoms with van der Waals surface area (Å²) in [5.74, 6) is -0.639. The van der Waals surface area contributed by atoms with E-state index in [0.29, 0.717) is 15.6 Å². The molecule has 186 valence electrons. The van der Waals surface area contributed by atoms with Crippen LogP contribution in [0.15, 0.2) is 36.5 Å². The number of nitrogens with one attached hydrogen (secondary N) is 2. The van der Waals surface area contributed by atoms with Gasteiger partial charge in [0.15, 0.2) is 6.04 Å². The van der Waals surface area contributed by atoms with E-state index in [4.69, 9.17) is 16.7 Å². The number of anilines is 1. The quantitative estimate of drug-likeness (QED) is 0.531. The molecular weight excluding hydrogens is 485 g/mol. The van der Waals surface area contributed by atoms with Gasteiger partial charge in [0.25, 0.3) is 0 Å². The van der Waals surface area contributed by atoms with E-state index in [0.717, 1.165) is 25.5 Å². The normalized spacial score (nSPS) is 27.2. The van der Waals surface area contributed by atoms with Crippen molar-refractivity contribution in [2.75, 3.05) is 12.4 Å². The molecule has 3 saturated carbocycles. The third kappa shape index (κ3) is 4.17. The Kier molecular flexibility index (Phi) is 5.43. The lowest BCUT2D eigenvalue weighted by atomic mass is 9.39. The molecule has 2 aromatic rings. The Morgan fingerprint density at radius 1 is 1.17 bits per heavy atom. The van der Waals surface area contributed by atoms with Gasteiger partial charge < -0.3 is 20.6 Å². The number of fused-ring (bicyclic) bond motifs is 1. The number of nitrogens with zero attached hydrogens (tertiary/aromatic N) is 2. The smallest absolute Gasteiger partial charge is 0.414 e. The van der Waals surface area contributed by atoms with Crippen molar-refractivity contribution in [3.05, 3.63) is 58.4 Å². The van der Waals surface area contributed by atoms with Crippen LogP contribution in [0.1, 0.15) is 42.1 Å². The molecule has 2 bridgehead atoms. The summed E-state index contributed by atoms with van der Waals surface area (Å²) in [4.78, 5) is 28.7. The molecule has 3 fully saturated rings. The average molecular weight is 509 g/mol. The van der Waals surface area contributed by atoms with Crippen molar-refractivity contribution in [3.8, 4) is 0 Å². The minimum Gasteiger partial charge on any atom is -0.465 e. The SMILES string of the molecule is CN(C(=O)C12CC(NC(=O)O)(C1)C2)[C@@H](c1ccc(N[C@H]2Cc3ccc(Cl)cc3C2)cn1)C(F)(F)F. The van der Waals surface area contributed by atoms with Crippen LogP contribution in [0.4, 0.5) is 23.7 Å². The molecular formula is C24H24ClF3N4O3. The highest BCUT2D eigenvalue weighted by Crippen LogP contribution is 2.68. The van der Waals surface area contributed by atoms with Gasteiger partial charge in [0.05, 0.1) is 23.0 Å². The molecule has 6 rings (SSSR count). The highest BCUT2D eigenvalue weighted by molar-refractivity contribution is 6.30. The summed E-state index contributed by atoms with van der Waals surface area (Å²) in [5.41, 5.74) is 1.02. The summed E-state index contributed by atoms with van der Waals surface area (Å²) in [7, 11) is 1.13. The Bertz CT molecular complexity index is 1170. The lowest BCUT2D eigenvalue weighted by Crippen LogP contribution is -2.78. The summed E-state index contributed by atoms with van der Waals surface area (Å²) in [6.45, 7) is 0. The molecule has 2 atom stereocenters. The van der Waals surface area contributed by atoms with Gasteiger partial charge in [-0.1, -0.05) is 17.7 Å². The predicted octanol–water partition coefficient (Wildman–Crippen LogP) is 4.57. The van der Waals surface area contributed by atoms with E-state index in [2.05, 4.69) is 15.6 Å². The fraction of sp³-hybridized carbons (Fsp3) is 0.458. The van der Waals surface area contributed by atoms with Gasteiger partial charge in [0.1, 0.15) is 0 Å². The lowest BCUT2D eigenvalue weighted by molar-refractivity contribution is -0.214. The zero-order valence-electron chi connectivity index (χ0n) is 18.8. The third-order valence-corrected chi connectivity index (χ3v) is 7.65. The first-order valence-electron chi connectivity index (χ1n) is 11.2. The lowest BCUT2D eigenvalue weighted by Gasteiger charge is -2.69. The molecule has 2 amide bonds. The summed E-state index contributed by atoms with van der Waals surface area (Å²) in [5, 5.41) is 15.3. The number of hydrogen-bond donors (Lipinski definition) is 3. The number of carboxylic acid groups (broad SMARTS) is 1. The van der Waals surface area contributed by atoms with Gasteiger partial charge in [-0.2, -0.15) is 13.2 Å². The van der Waals surface area contributed by atoms with Crippen LogP contribution in [0.2, 0.25) is 5.02 Å². The van der Waals surface area contributed by atoms with Crippen molar-refractivity contribution in [3.63, 3.8) is 0 Å². The van der Waals surface area contributed by atoms with Gasteiger partial charge in [-0.3, -0.25) is 9.78 Å². The van der Waals surface area contributed by atoms with Gasteiger partial charge in [-0.15, -0.1) is 0 Å². The van der Waals surface area contributed by atoms with E-state index in [-0.39, 0.29) is 31.0 Å². The van der Waals surface area contributed by atoms with Gasteiger partial charge >= 0.3 is 12.3 Å². The van der Waals surface area contributed by atoms with E-state index in [1.807, 2.05) is 18.2 Å². The van der Waals surface area contributed by atoms with Crippen molar-refractivity contribution in [1.29, 1.82) is 0 Å². The van der Waals surface area contributed by atoms with Crippen LogP contribution in [0.25, 0.3) is 0 Å². The maximum absolute atomic E-state index is 14.0. The molecule has 3 N–H and O–H groups in total. The molecule has 35 heavy (non-hydrogen) atoms. The average Bonchev–Trinajstić information content (AvgIpc) is 3.10. The molecule has 0 unspecified atom stereocenters. The number of aromatic nitrogens is 1. The maximum Gasteiger partial charge on any atom is 0.414 e. The summed E-state index contributed by atoms with van der Waals surface area (Å²) in [6, 6.07) is 6.46. The number of alkyl halides is 3. The summed E-state index contributed by atoms with van der Waals surface area (Å²) < 4.78 is 42.1. The molecule has 0 radical (unpaired) electrons. The van der Waals surface area contributed by atoms with Crippen LogP contribution >= 0.6 is 11.6 Å². The van der Waals surface area contributed by atoms with Gasteiger partial charge in [-0.25, -0.2) is 4.79 Å². The molecule has 1 heterocycles. The van der Waals surface area contributed by atoms with Gasteiger partial charge in [0.2, 0.25) is 5.91 Å². The fourth-order valence-electron chi connectivity index (χ4n) is 6.03. The number of pyridine rings is 1. The maximum atomic E-state index is 14.0. The minimum atomic E-state index is -4.72. The Morgan fingerprint density at radius 3 is 2.46 bits per heavy atom. The molecule has 7 nitrogen and oxygen atoms in total. The third-order valence-electron chi connectivity index (χ3n) is 7.41. The van der Waals surface area contributed by atoms with Crippen molar-refractivity contribution in [2.24, 2.45) is 5.41 Å². The number of benzene rings is 1. The van der Waals surface area contributed by atoms with Gasteiger partial charge in [0, 0.05) is 23.7 Å². The first kappa shape index (κ1) is 23.7. The van der Waals surface area contributed by atoms with Crippen LogP contribution in [0.3, 0.4) is 0 Å². The monoisotopic (exact) mass is 508 g/mol. The molecule has 1 aromatic carbocycles. The zero-order valence-corrected chi connectivity index (χ0v) is 19.6. The topological polar surface area (TPSA) is 94.6 Å². The molecule has 0 saturated heterocycles. The zero-order chi connectivity index (χ0) is 25.2. The van der Waals surface area contributed by atoms with Crippen molar-refractivity contribution >= 4 is 29.3 Å². The largest absolute Gasteiger partial charge is 0.465 e. The fourth-order valence-corrected chi connectivity index (χ4v) is 6.22. The second-order valence-electron chi connectivity index (χ2n) is 10.0. The number of carbonyl (C=O) groups excluding carboxylic acids is 1. The van der Waals surface area contributed by atoms with E-state index >= 15 is 0 Å². The Labute approximate surface area is 204 Å². The van der Waals surface area contributed by atoms with Gasteiger partial charge in [-0.05, 0) is 67.5 Å². The molecule has 0 aliphatic heterocycles. The number of hydrogen-bond acceptors (Lipinski definition) is 4. The number of amides is 2. The van der Waals surface area contributed by atoms with Crippen molar-refractivity contribution in [2.45, 2.75) is 55.9 Å². The summed E-state index contributed by atoms with van der Waals surface area (Å²) in [6.07, 6.45) is -2.40. The Hall–Kier alpha value is -3.01. The van der Waals surface area contributed by atoms with Crippen LogP contribution < -0.4 is 10.6 Å². The second kappa shape index (κ2) is 8.01. The van der Waals surface area contributed by atoms with E-state index in [1.54, 1.807) is 6.07 Å². The highest BCUT2D eigenvalue weighted by atomic mass is 35.5. The molecule has 0 spiro atoms. The number of carbonyl (C=O) groups is 2. The van der Waals surface area contributed by atoms with Crippen LogP contribution in [0, 0.1) is 5.41 Å². The molecule has 4 aliphatic rings. The van der Waals surface area contributed by atoms with E-state index < -0.39 is 35.2 Å². The van der Waals surface area contributed by atoms with Crippen LogP contribution in [-0.2, 0) is 17.6 Å². The Balaban J connectivity index is 1.26. The molecule has 1 aromatic heterocycles.